The number of hydrogen-bond acceptors (Lipinski definition) is 4. The lowest BCUT2D eigenvalue weighted by Gasteiger charge is -2.17. The van der Waals surface area contributed by atoms with E-state index in [-0.39, 0.29) is 5.91 Å². The quantitative estimate of drug-likeness (QED) is 0.533. The van der Waals surface area contributed by atoms with Crippen molar-refractivity contribution in [1.29, 1.82) is 0 Å². The topological polar surface area (TPSA) is 53.6 Å². The zero-order chi connectivity index (χ0) is 17.9. The van der Waals surface area contributed by atoms with Crippen LogP contribution < -0.4 is 15.4 Å². The molecular formula is C20H33N3O2. The summed E-state index contributed by atoms with van der Waals surface area (Å²) in [6.45, 7) is 2.85. The summed E-state index contributed by atoms with van der Waals surface area (Å²) in [6.07, 6.45) is 7.88. The Kier molecular flexibility index (Phi) is 8.77. The fourth-order valence-corrected chi connectivity index (χ4v) is 3.15. The molecule has 0 spiro atoms. The third-order valence-electron chi connectivity index (χ3n) is 4.63. The van der Waals surface area contributed by atoms with Gasteiger partial charge in [-0.1, -0.05) is 37.8 Å². The summed E-state index contributed by atoms with van der Waals surface area (Å²) in [7, 11) is 4.01. The van der Waals surface area contributed by atoms with Crippen molar-refractivity contribution < 1.29 is 9.53 Å². The van der Waals surface area contributed by atoms with E-state index >= 15 is 0 Å². The van der Waals surface area contributed by atoms with E-state index in [2.05, 4.69) is 15.5 Å². The van der Waals surface area contributed by atoms with Gasteiger partial charge in [-0.15, -0.1) is 0 Å². The van der Waals surface area contributed by atoms with Gasteiger partial charge in [0.1, 0.15) is 12.4 Å². The van der Waals surface area contributed by atoms with Gasteiger partial charge in [0.15, 0.2) is 0 Å². The monoisotopic (exact) mass is 347 g/mol. The number of nitrogens with one attached hydrogen (secondary N) is 2. The molecule has 1 aromatic rings. The molecule has 0 aromatic heterocycles. The molecular weight excluding hydrogens is 314 g/mol. The minimum atomic E-state index is -0.0666. The van der Waals surface area contributed by atoms with E-state index in [0.29, 0.717) is 30.5 Å². The standard InChI is InChI=1S/C20H33N3O2/c1-23(2)15-16-25-19-12-8-7-11-18(19)20(24)22-14-13-21-17-9-5-3-4-6-10-17/h7-8,11-12,17,21H,3-6,9-10,13-16H2,1-2H3,(H,22,24). The Bertz CT molecular complexity index is 511. The van der Waals surface area contributed by atoms with Crippen LogP contribution in [0.4, 0.5) is 0 Å². The van der Waals surface area contributed by atoms with E-state index in [1.165, 1.54) is 38.5 Å². The number of nitrogens with zero attached hydrogens (tertiary/aromatic N) is 1. The largest absolute Gasteiger partial charge is 0.491 e. The van der Waals surface area contributed by atoms with Gasteiger partial charge in [0, 0.05) is 25.7 Å². The Balaban J connectivity index is 1.74. The molecule has 25 heavy (non-hydrogen) atoms. The highest BCUT2D eigenvalue weighted by Gasteiger charge is 2.13. The molecule has 1 aromatic carbocycles. The third-order valence-corrected chi connectivity index (χ3v) is 4.63. The molecule has 1 aliphatic carbocycles. The highest BCUT2D eigenvalue weighted by molar-refractivity contribution is 5.96. The fourth-order valence-electron chi connectivity index (χ4n) is 3.15. The minimum Gasteiger partial charge on any atom is -0.491 e. The van der Waals surface area contributed by atoms with Gasteiger partial charge < -0.3 is 20.3 Å². The first-order chi connectivity index (χ1) is 12.2. The second kappa shape index (κ2) is 11.1. The van der Waals surface area contributed by atoms with Crippen LogP contribution in [-0.4, -0.2) is 57.2 Å². The van der Waals surface area contributed by atoms with Crippen LogP contribution >= 0.6 is 0 Å². The average Bonchev–Trinajstić information content (AvgIpc) is 2.87. The number of benzene rings is 1. The van der Waals surface area contributed by atoms with Crippen molar-refractivity contribution in [3.63, 3.8) is 0 Å². The van der Waals surface area contributed by atoms with E-state index in [1.54, 1.807) is 0 Å². The van der Waals surface area contributed by atoms with Crippen molar-refractivity contribution in [3.05, 3.63) is 29.8 Å². The summed E-state index contributed by atoms with van der Waals surface area (Å²) < 4.78 is 5.77. The Morgan fingerprint density at radius 2 is 1.84 bits per heavy atom. The first-order valence-electron chi connectivity index (χ1n) is 9.55. The Labute approximate surface area is 152 Å². The molecule has 5 heteroatoms. The Hall–Kier alpha value is -1.59. The minimum absolute atomic E-state index is 0.0666. The molecule has 0 atom stereocenters. The molecule has 0 heterocycles. The number of carbonyl (C=O) groups is 1. The number of para-hydroxylation sites is 1. The number of likely N-dealkylation sites (N-methyl/N-ethyl adjacent to an activating group) is 1. The second-order valence-corrected chi connectivity index (χ2v) is 7.05. The lowest BCUT2D eigenvalue weighted by molar-refractivity contribution is 0.0949. The molecule has 0 bridgehead atoms. The molecule has 2 rings (SSSR count). The summed E-state index contributed by atoms with van der Waals surface area (Å²) in [5, 5.41) is 6.58. The SMILES string of the molecule is CN(C)CCOc1ccccc1C(=O)NCCNC1CCCCCC1. The number of rotatable bonds is 9. The summed E-state index contributed by atoms with van der Waals surface area (Å²) in [5.41, 5.74) is 0.607. The molecule has 0 unspecified atom stereocenters. The van der Waals surface area contributed by atoms with E-state index < -0.39 is 0 Å². The van der Waals surface area contributed by atoms with Gasteiger partial charge in [-0.05, 0) is 39.1 Å². The van der Waals surface area contributed by atoms with Crippen LogP contribution in [0.2, 0.25) is 0 Å². The summed E-state index contributed by atoms with van der Waals surface area (Å²) in [5.74, 6) is 0.585. The molecule has 0 saturated heterocycles. The van der Waals surface area contributed by atoms with Gasteiger partial charge >= 0.3 is 0 Å². The van der Waals surface area contributed by atoms with Gasteiger partial charge in [0.2, 0.25) is 0 Å². The van der Waals surface area contributed by atoms with Gasteiger partial charge in [-0.3, -0.25) is 4.79 Å². The Morgan fingerprint density at radius 3 is 2.56 bits per heavy atom. The fraction of sp³-hybridized carbons (Fsp3) is 0.650. The molecule has 2 N–H and O–H groups in total. The second-order valence-electron chi connectivity index (χ2n) is 7.05. The first-order valence-corrected chi connectivity index (χ1v) is 9.55. The highest BCUT2D eigenvalue weighted by Crippen LogP contribution is 2.18. The number of hydrogen-bond donors (Lipinski definition) is 2. The summed E-state index contributed by atoms with van der Waals surface area (Å²) >= 11 is 0. The molecule has 1 aliphatic rings. The number of amides is 1. The lowest BCUT2D eigenvalue weighted by Crippen LogP contribution is -2.37. The van der Waals surface area contributed by atoms with Crippen LogP contribution in [0.1, 0.15) is 48.9 Å². The van der Waals surface area contributed by atoms with Gasteiger partial charge in [-0.2, -0.15) is 0 Å². The molecule has 1 saturated carbocycles. The zero-order valence-corrected chi connectivity index (χ0v) is 15.7. The number of ether oxygens (including phenoxy) is 1. The average molecular weight is 348 g/mol. The third kappa shape index (κ3) is 7.45. The van der Waals surface area contributed by atoms with Crippen LogP contribution in [0.5, 0.6) is 5.75 Å². The maximum Gasteiger partial charge on any atom is 0.255 e. The van der Waals surface area contributed by atoms with Gasteiger partial charge in [0.05, 0.1) is 5.56 Å². The van der Waals surface area contributed by atoms with Crippen molar-refractivity contribution >= 4 is 5.91 Å². The lowest BCUT2D eigenvalue weighted by atomic mass is 10.1. The van der Waals surface area contributed by atoms with Gasteiger partial charge in [0.25, 0.3) is 5.91 Å². The van der Waals surface area contributed by atoms with E-state index in [0.717, 1.165) is 13.1 Å². The number of carbonyl (C=O) groups excluding carboxylic acids is 1. The Morgan fingerprint density at radius 1 is 1.12 bits per heavy atom. The van der Waals surface area contributed by atoms with E-state index in [4.69, 9.17) is 4.74 Å². The molecule has 1 fully saturated rings. The molecule has 0 aliphatic heterocycles. The van der Waals surface area contributed by atoms with Gasteiger partial charge in [-0.25, -0.2) is 0 Å². The van der Waals surface area contributed by atoms with Crippen molar-refractivity contribution in [3.8, 4) is 5.75 Å². The first kappa shape index (κ1) is 19.7. The molecule has 0 radical (unpaired) electrons. The summed E-state index contributed by atoms with van der Waals surface area (Å²) in [4.78, 5) is 14.5. The summed E-state index contributed by atoms with van der Waals surface area (Å²) in [6, 6.07) is 8.06. The zero-order valence-electron chi connectivity index (χ0n) is 15.7. The van der Waals surface area contributed by atoms with Crippen LogP contribution in [0.15, 0.2) is 24.3 Å². The van der Waals surface area contributed by atoms with Crippen molar-refractivity contribution in [2.75, 3.05) is 40.3 Å². The van der Waals surface area contributed by atoms with Crippen LogP contribution in [-0.2, 0) is 0 Å². The highest BCUT2D eigenvalue weighted by atomic mass is 16.5. The van der Waals surface area contributed by atoms with E-state index in [9.17, 15) is 4.79 Å². The predicted octanol–water partition coefficient (Wildman–Crippen LogP) is 2.67. The van der Waals surface area contributed by atoms with Crippen molar-refractivity contribution in [2.24, 2.45) is 0 Å². The normalized spacial score (nSPS) is 15.8. The molecule has 140 valence electrons. The molecule has 1 amide bonds. The maximum absolute atomic E-state index is 12.4. The van der Waals surface area contributed by atoms with Crippen molar-refractivity contribution in [1.82, 2.24) is 15.5 Å². The van der Waals surface area contributed by atoms with Crippen LogP contribution in [0.3, 0.4) is 0 Å². The van der Waals surface area contributed by atoms with Crippen molar-refractivity contribution in [2.45, 2.75) is 44.6 Å². The van der Waals surface area contributed by atoms with Crippen LogP contribution in [0.25, 0.3) is 0 Å². The van der Waals surface area contributed by atoms with Crippen LogP contribution in [0, 0.1) is 0 Å². The molecule has 5 nitrogen and oxygen atoms in total. The maximum atomic E-state index is 12.4. The van der Waals surface area contributed by atoms with E-state index in [1.807, 2.05) is 38.4 Å². The predicted molar refractivity (Wildman–Crippen MR) is 102 cm³/mol. The smallest absolute Gasteiger partial charge is 0.255 e.